The molecule has 0 heterocycles. The molecule has 0 unspecified atom stereocenters. The molecule has 0 saturated carbocycles. The van der Waals surface area contributed by atoms with Crippen molar-refractivity contribution >= 4 is 12.0 Å². The molecule has 1 aromatic rings. The van der Waals surface area contributed by atoms with Crippen molar-refractivity contribution in [2.75, 3.05) is 6.61 Å². The third-order valence-electron chi connectivity index (χ3n) is 2.40. The second-order valence-corrected chi connectivity index (χ2v) is 3.80. The molecule has 0 aromatic heterocycles. The van der Waals surface area contributed by atoms with Crippen LogP contribution in [0, 0.1) is 6.92 Å². The number of allylic oxidation sites excluding steroid dienone is 2. The molecular weight excluding hydrogens is 228 g/mol. The third kappa shape index (κ3) is 4.55. The van der Waals surface area contributed by atoms with E-state index in [0.29, 0.717) is 0 Å². The van der Waals surface area contributed by atoms with Gasteiger partial charge in [0.15, 0.2) is 6.10 Å². The van der Waals surface area contributed by atoms with Crippen molar-refractivity contribution in [2.24, 2.45) is 0 Å². The minimum Gasteiger partial charge on any atom is -0.464 e. The Kier molecular flexibility index (Phi) is 5.88. The molecule has 0 amide bonds. The molecule has 0 saturated heterocycles. The van der Waals surface area contributed by atoms with Crippen LogP contribution in [-0.4, -0.2) is 23.8 Å². The average Bonchev–Trinajstić information content (AvgIpc) is 2.36. The first-order chi connectivity index (χ1) is 8.65. The summed E-state index contributed by atoms with van der Waals surface area (Å²) in [6.07, 6.45) is 5.53. The van der Waals surface area contributed by atoms with Gasteiger partial charge >= 0.3 is 5.97 Å². The summed E-state index contributed by atoms with van der Waals surface area (Å²) in [6.45, 7) is 3.99. The van der Waals surface area contributed by atoms with Gasteiger partial charge in [-0.05, 0) is 31.1 Å². The van der Waals surface area contributed by atoms with Crippen LogP contribution in [0.5, 0.6) is 0 Å². The molecule has 0 radical (unpaired) electrons. The molecule has 96 valence electrons. The molecule has 1 rings (SSSR count). The molecule has 1 N–H and O–H groups in total. The topological polar surface area (TPSA) is 46.5 Å². The maximum Gasteiger partial charge on any atom is 0.339 e. The van der Waals surface area contributed by atoms with Gasteiger partial charge < -0.3 is 9.84 Å². The second-order valence-electron chi connectivity index (χ2n) is 3.80. The summed E-state index contributed by atoms with van der Waals surface area (Å²) in [5.41, 5.74) is 2.28. The van der Waals surface area contributed by atoms with Gasteiger partial charge in [-0.15, -0.1) is 0 Å². The molecule has 0 aliphatic heterocycles. The number of ether oxygens (including phenoxy) is 1. The van der Waals surface area contributed by atoms with E-state index in [1.165, 1.54) is 11.6 Å². The molecule has 0 aliphatic carbocycles. The summed E-state index contributed by atoms with van der Waals surface area (Å²) in [5, 5.41) is 9.41. The maximum absolute atomic E-state index is 11.1. The van der Waals surface area contributed by atoms with Crippen molar-refractivity contribution < 1.29 is 14.6 Å². The van der Waals surface area contributed by atoms with E-state index < -0.39 is 12.1 Å². The number of hydrogen-bond donors (Lipinski definition) is 1. The zero-order valence-corrected chi connectivity index (χ0v) is 10.7. The lowest BCUT2D eigenvalue weighted by Gasteiger charge is -2.03. The summed E-state index contributed by atoms with van der Waals surface area (Å²) in [5.74, 6) is -0.627. The van der Waals surface area contributed by atoms with Gasteiger partial charge in [-0.2, -0.15) is 0 Å². The highest BCUT2D eigenvalue weighted by atomic mass is 16.5. The van der Waals surface area contributed by atoms with Crippen LogP contribution in [0.4, 0.5) is 0 Å². The monoisotopic (exact) mass is 246 g/mol. The van der Waals surface area contributed by atoms with Crippen LogP contribution in [0.1, 0.15) is 18.1 Å². The van der Waals surface area contributed by atoms with Crippen LogP contribution in [0.25, 0.3) is 6.08 Å². The first-order valence-corrected chi connectivity index (χ1v) is 5.90. The highest BCUT2D eigenvalue weighted by Crippen LogP contribution is 2.08. The van der Waals surface area contributed by atoms with E-state index in [1.54, 1.807) is 19.1 Å². The van der Waals surface area contributed by atoms with Gasteiger partial charge in [0, 0.05) is 0 Å². The number of aliphatic hydroxyl groups excluding tert-OH is 1. The standard InChI is InChI=1S/C15H18O3/c1-3-18-15(17)14(16)11-7-6-10-13-9-5-4-8-12(13)2/h4-11,14,16H,3H2,1-2H3/b10-6+,11-7+/t14-/m0/s1. The fourth-order valence-corrected chi connectivity index (χ4v) is 1.41. The normalized spacial score (nSPS) is 13.1. The van der Waals surface area contributed by atoms with Crippen molar-refractivity contribution in [3.63, 3.8) is 0 Å². The molecule has 3 nitrogen and oxygen atoms in total. The fourth-order valence-electron chi connectivity index (χ4n) is 1.41. The summed E-state index contributed by atoms with van der Waals surface area (Å²) in [7, 11) is 0. The SMILES string of the molecule is CCOC(=O)[C@@H](O)/C=C/C=C/c1ccccc1C. The Morgan fingerprint density at radius 2 is 2.11 bits per heavy atom. The largest absolute Gasteiger partial charge is 0.464 e. The van der Waals surface area contributed by atoms with Crippen LogP contribution in [0.3, 0.4) is 0 Å². The molecule has 1 aromatic carbocycles. The Balaban J connectivity index is 2.55. The van der Waals surface area contributed by atoms with Crippen LogP contribution in [0.2, 0.25) is 0 Å². The van der Waals surface area contributed by atoms with Gasteiger partial charge in [0.1, 0.15) is 0 Å². The number of aliphatic hydroxyl groups is 1. The van der Waals surface area contributed by atoms with Gasteiger partial charge in [0.25, 0.3) is 0 Å². The average molecular weight is 246 g/mol. The Bertz CT molecular complexity index is 447. The Hall–Kier alpha value is -1.87. The van der Waals surface area contributed by atoms with Gasteiger partial charge in [0.05, 0.1) is 6.61 Å². The van der Waals surface area contributed by atoms with Gasteiger partial charge in [-0.3, -0.25) is 0 Å². The predicted molar refractivity (Wildman–Crippen MR) is 72.0 cm³/mol. The van der Waals surface area contributed by atoms with Crippen LogP contribution in [0.15, 0.2) is 42.5 Å². The number of aryl methyl sites for hydroxylation is 1. The molecule has 0 fully saturated rings. The number of benzene rings is 1. The van der Waals surface area contributed by atoms with E-state index in [2.05, 4.69) is 4.74 Å². The van der Waals surface area contributed by atoms with Crippen molar-refractivity contribution in [1.29, 1.82) is 0 Å². The first-order valence-electron chi connectivity index (χ1n) is 5.90. The van der Waals surface area contributed by atoms with Crippen LogP contribution >= 0.6 is 0 Å². The summed E-state index contributed by atoms with van der Waals surface area (Å²) in [6, 6.07) is 7.97. The zero-order valence-electron chi connectivity index (χ0n) is 10.7. The minimum absolute atomic E-state index is 0.267. The Morgan fingerprint density at radius 1 is 1.39 bits per heavy atom. The van der Waals surface area contributed by atoms with Crippen molar-refractivity contribution in [2.45, 2.75) is 20.0 Å². The second kappa shape index (κ2) is 7.45. The van der Waals surface area contributed by atoms with E-state index >= 15 is 0 Å². The predicted octanol–water partition coefficient (Wildman–Crippen LogP) is 2.49. The summed E-state index contributed by atoms with van der Waals surface area (Å²) in [4.78, 5) is 11.1. The quantitative estimate of drug-likeness (QED) is 0.641. The van der Waals surface area contributed by atoms with Crippen LogP contribution < -0.4 is 0 Å². The molecule has 18 heavy (non-hydrogen) atoms. The van der Waals surface area contributed by atoms with Gasteiger partial charge in [0.2, 0.25) is 0 Å². The number of hydrogen-bond acceptors (Lipinski definition) is 3. The van der Waals surface area contributed by atoms with Crippen LogP contribution in [-0.2, 0) is 9.53 Å². The molecule has 0 aliphatic rings. The van der Waals surface area contributed by atoms with E-state index in [9.17, 15) is 9.90 Å². The van der Waals surface area contributed by atoms with E-state index in [4.69, 9.17) is 0 Å². The molecule has 1 atom stereocenters. The Morgan fingerprint density at radius 3 is 2.78 bits per heavy atom. The van der Waals surface area contributed by atoms with Gasteiger partial charge in [-0.25, -0.2) is 4.79 Å². The highest BCUT2D eigenvalue weighted by molar-refractivity contribution is 5.76. The molecule has 0 spiro atoms. The lowest BCUT2D eigenvalue weighted by Crippen LogP contribution is -2.20. The van der Waals surface area contributed by atoms with E-state index in [1.807, 2.05) is 37.3 Å². The van der Waals surface area contributed by atoms with E-state index in [-0.39, 0.29) is 6.61 Å². The number of rotatable bonds is 5. The lowest BCUT2D eigenvalue weighted by atomic mass is 10.1. The van der Waals surface area contributed by atoms with Crippen molar-refractivity contribution in [3.05, 3.63) is 53.6 Å². The highest BCUT2D eigenvalue weighted by Gasteiger charge is 2.10. The van der Waals surface area contributed by atoms with Crippen molar-refractivity contribution in [3.8, 4) is 0 Å². The van der Waals surface area contributed by atoms with E-state index in [0.717, 1.165) is 5.56 Å². The molecule has 0 bridgehead atoms. The van der Waals surface area contributed by atoms with Gasteiger partial charge in [-0.1, -0.05) is 42.5 Å². The summed E-state index contributed by atoms with van der Waals surface area (Å²) < 4.78 is 4.67. The number of esters is 1. The lowest BCUT2D eigenvalue weighted by molar-refractivity contribution is -0.150. The molecule has 3 heteroatoms. The zero-order chi connectivity index (χ0) is 13.4. The minimum atomic E-state index is -1.20. The Labute approximate surface area is 107 Å². The smallest absolute Gasteiger partial charge is 0.339 e. The number of carbonyl (C=O) groups is 1. The molecular formula is C15H18O3. The maximum atomic E-state index is 11.1. The number of carbonyl (C=O) groups excluding carboxylic acids is 1. The first kappa shape index (κ1) is 14.2. The fraction of sp³-hybridized carbons (Fsp3) is 0.267. The summed E-state index contributed by atoms with van der Waals surface area (Å²) >= 11 is 0. The van der Waals surface area contributed by atoms with Crippen molar-refractivity contribution in [1.82, 2.24) is 0 Å². The third-order valence-corrected chi connectivity index (χ3v) is 2.40.